The van der Waals surface area contributed by atoms with E-state index in [4.69, 9.17) is 4.74 Å². The Hall–Kier alpha value is -0.530. The molecule has 0 aliphatic rings. The van der Waals surface area contributed by atoms with Crippen molar-refractivity contribution < 1.29 is 9.53 Å². The molecular formula is C12H24O2. The van der Waals surface area contributed by atoms with Gasteiger partial charge in [-0.05, 0) is 11.8 Å². The molecule has 0 aromatic rings. The van der Waals surface area contributed by atoms with Gasteiger partial charge in [-0.3, -0.25) is 4.79 Å². The molecule has 84 valence electrons. The lowest BCUT2D eigenvalue weighted by Crippen LogP contribution is -2.29. The highest BCUT2D eigenvalue weighted by molar-refractivity contribution is 5.73. The van der Waals surface area contributed by atoms with Crippen LogP contribution in [0.15, 0.2) is 0 Å². The lowest BCUT2D eigenvalue weighted by atomic mass is 9.78. The molecule has 0 saturated carbocycles. The first-order valence-electron chi connectivity index (χ1n) is 5.51. The van der Waals surface area contributed by atoms with Gasteiger partial charge in [-0.15, -0.1) is 0 Å². The first-order valence-corrected chi connectivity index (χ1v) is 5.51. The van der Waals surface area contributed by atoms with Gasteiger partial charge in [0.05, 0.1) is 13.0 Å². The molecule has 0 radical (unpaired) electrons. The second-order valence-electron chi connectivity index (χ2n) is 4.94. The fourth-order valence-electron chi connectivity index (χ4n) is 1.65. The van der Waals surface area contributed by atoms with E-state index in [1.807, 2.05) is 0 Å². The van der Waals surface area contributed by atoms with Crippen molar-refractivity contribution >= 4 is 5.97 Å². The summed E-state index contributed by atoms with van der Waals surface area (Å²) >= 11 is 0. The number of unbranched alkanes of at least 4 members (excludes halogenated alkanes) is 2. The van der Waals surface area contributed by atoms with Crippen LogP contribution in [-0.2, 0) is 9.53 Å². The predicted molar refractivity (Wildman–Crippen MR) is 59.1 cm³/mol. The van der Waals surface area contributed by atoms with E-state index < -0.39 is 0 Å². The molecule has 1 unspecified atom stereocenters. The molecular weight excluding hydrogens is 176 g/mol. The van der Waals surface area contributed by atoms with Crippen molar-refractivity contribution in [3.05, 3.63) is 0 Å². The first-order chi connectivity index (χ1) is 6.43. The Labute approximate surface area is 88.0 Å². The molecule has 2 heteroatoms. The quantitative estimate of drug-likeness (QED) is 0.502. The van der Waals surface area contributed by atoms with E-state index in [0.29, 0.717) is 0 Å². The largest absolute Gasteiger partial charge is 0.469 e. The third-order valence-corrected chi connectivity index (χ3v) is 2.63. The van der Waals surface area contributed by atoms with E-state index in [1.165, 1.54) is 20.0 Å². The first kappa shape index (κ1) is 13.5. The third-order valence-electron chi connectivity index (χ3n) is 2.63. The summed E-state index contributed by atoms with van der Waals surface area (Å²) in [5.41, 5.74) is 0.0147. The molecule has 0 saturated heterocycles. The Morgan fingerprint density at radius 1 is 1.29 bits per heavy atom. The van der Waals surface area contributed by atoms with Crippen LogP contribution in [0.4, 0.5) is 0 Å². The van der Waals surface area contributed by atoms with Crippen molar-refractivity contribution in [1.82, 2.24) is 0 Å². The van der Waals surface area contributed by atoms with Gasteiger partial charge in [0.2, 0.25) is 0 Å². The van der Waals surface area contributed by atoms with Gasteiger partial charge >= 0.3 is 5.97 Å². The van der Waals surface area contributed by atoms with Crippen molar-refractivity contribution in [2.45, 2.75) is 53.4 Å². The van der Waals surface area contributed by atoms with Gasteiger partial charge in [0.1, 0.15) is 0 Å². The monoisotopic (exact) mass is 200 g/mol. The summed E-state index contributed by atoms with van der Waals surface area (Å²) in [4.78, 5) is 11.5. The lowest BCUT2D eigenvalue weighted by Gasteiger charge is -2.28. The summed E-state index contributed by atoms with van der Waals surface area (Å²) in [5.74, 6) is -0.0207. The van der Waals surface area contributed by atoms with Crippen molar-refractivity contribution in [2.75, 3.05) is 7.11 Å². The zero-order valence-corrected chi connectivity index (χ0v) is 10.2. The molecule has 0 aliphatic carbocycles. The number of hydrogen-bond acceptors (Lipinski definition) is 2. The molecule has 0 N–H and O–H groups in total. The summed E-state index contributed by atoms with van der Waals surface area (Å²) in [5, 5.41) is 0. The zero-order chi connectivity index (χ0) is 11.2. The Morgan fingerprint density at radius 3 is 2.21 bits per heavy atom. The Balaban J connectivity index is 4.19. The molecule has 0 aliphatic heterocycles. The molecule has 0 aromatic carbocycles. The predicted octanol–water partition coefficient (Wildman–Crippen LogP) is 3.40. The molecule has 2 nitrogen and oxygen atoms in total. The molecule has 0 bridgehead atoms. The van der Waals surface area contributed by atoms with Crippen LogP contribution in [-0.4, -0.2) is 13.1 Å². The van der Waals surface area contributed by atoms with Crippen molar-refractivity contribution in [3.63, 3.8) is 0 Å². The molecule has 0 rings (SSSR count). The van der Waals surface area contributed by atoms with Crippen LogP contribution in [0, 0.1) is 11.3 Å². The number of carbonyl (C=O) groups excluding carboxylic acids is 1. The number of methoxy groups -OCH3 is 1. The van der Waals surface area contributed by atoms with Crippen molar-refractivity contribution in [3.8, 4) is 0 Å². The number of ether oxygens (including phenoxy) is 1. The van der Waals surface area contributed by atoms with Gasteiger partial charge in [-0.25, -0.2) is 0 Å². The average Bonchev–Trinajstić information content (AvgIpc) is 2.09. The number of rotatable bonds is 5. The summed E-state index contributed by atoms with van der Waals surface area (Å²) < 4.78 is 4.83. The molecule has 14 heavy (non-hydrogen) atoms. The Morgan fingerprint density at radius 2 is 1.86 bits per heavy atom. The van der Waals surface area contributed by atoms with Gasteiger partial charge in [-0.2, -0.15) is 0 Å². The van der Waals surface area contributed by atoms with Crippen LogP contribution < -0.4 is 0 Å². The van der Waals surface area contributed by atoms with Crippen molar-refractivity contribution in [1.29, 1.82) is 0 Å². The summed E-state index contributed by atoms with van der Waals surface area (Å²) in [6, 6.07) is 0. The highest BCUT2D eigenvalue weighted by Gasteiger charge is 2.31. The van der Waals surface area contributed by atoms with Gasteiger partial charge in [0.15, 0.2) is 0 Å². The second kappa shape index (κ2) is 6.05. The highest BCUT2D eigenvalue weighted by Crippen LogP contribution is 2.31. The maximum atomic E-state index is 11.5. The van der Waals surface area contributed by atoms with Gasteiger partial charge in [0, 0.05) is 0 Å². The van der Waals surface area contributed by atoms with E-state index in [2.05, 4.69) is 27.7 Å². The minimum absolute atomic E-state index is 0.0147. The van der Waals surface area contributed by atoms with Gasteiger partial charge in [-0.1, -0.05) is 47.0 Å². The smallest absolute Gasteiger partial charge is 0.309 e. The number of carbonyl (C=O) groups is 1. The summed E-state index contributed by atoms with van der Waals surface area (Å²) in [7, 11) is 1.47. The molecule has 0 heterocycles. The van der Waals surface area contributed by atoms with Crippen LogP contribution in [0.1, 0.15) is 53.4 Å². The van der Waals surface area contributed by atoms with E-state index in [1.54, 1.807) is 0 Å². The molecule has 0 spiro atoms. The maximum Gasteiger partial charge on any atom is 0.309 e. The second-order valence-corrected chi connectivity index (χ2v) is 4.94. The van der Waals surface area contributed by atoms with Crippen LogP contribution in [0.3, 0.4) is 0 Å². The Bertz CT molecular complexity index is 168. The van der Waals surface area contributed by atoms with Crippen LogP contribution in [0.5, 0.6) is 0 Å². The van der Waals surface area contributed by atoms with Crippen molar-refractivity contribution in [2.24, 2.45) is 11.3 Å². The van der Waals surface area contributed by atoms with E-state index in [0.717, 1.165) is 12.8 Å². The van der Waals surface area contributed by atoms with E-state index in [9.17, 15) is 4.79 Å². The maximum absolute atomic E-state index is 11.5. The minimum atomic E-state index is -0.0615. The molecule has 0 aromatic heterocycles. The van der Waals surface area contributed by atoms with E-state index in [-0.39, 0.29) is 17.3 Å². The highest BCUT2D eigenvalue weighted by atomic mass is 16.5. The molecule has 0 amide bonds. The van der Waals surface area contributed by atoms with E-state index >= 15 is 0 Å². The summed E-state index contributed by atoms with van der Waals surface area (Å²) in [6.07, 6.45) is 4.46. The molecule has 1 atom stereocenters. The van der Waals surface area contributed by atoms with Gasteiger partial charge < -0.3 is 4.74 Å². The number of esters is 1. The van der Waals surface area contributed by atoms with Crippen LogP contribution in [0.2, 0.25) is 0 Å². The van der Waals surface area contributed by atoms with Gasteiger partial charge in [0.25, 0.3) is 0 Å². The average molecular weight is 200 g/mol. The topological polar surface area (TPSA) is 26.3 Å². The van der Waals surface area contributed by atoms with Crippen LogP contribution >= 0.6 is 0 Å². The SMILES string of the molecule is CCCCCC(C(=O)OC)C(C)(C)C. The fraction of sp³-hybridized carbons (Fsp3) is 0.917. The zero-order valence-electron chi connectivity index (χ0n) is 10.2. The summed E-state index contributed by atoms with van der Waals surface area (Å²) in [6.45, 7) is 8.46. The molecule has 0 fully saturated rings. The number of hydrogen-bond donors (Lipinski definition) is 0. The fourth-order valence-corrected chi connectivity index (χ4v) is 1.65. The van der Waals surface area contributed by atoms with Crippen LogP contribution in [0.25, 0.3) is 0 Å². The lowest BCUT2D eigenvalue weighted by molar-refractivity contribution is -0.149. The third kappa shape index (κ3) is 4.64. The Kier molecular flexibility index (Phi) is 5.82. The normalized spacial score (nSPS) is 13.8. The standard InChI is InChI=1S/C12H24O2/c1-6-7-8-9-10(11(13)14-5)12(2,3)4/h10H,6-9H2,1-5H3. The minimum Gasteiger partial charge on any atom is -0.469 e.